The summed E-state index contributed by atoms with van der Waals surface area (Å²) >= 11 is 40.4. The Bertz CT molecular complexity index is 330. The van der Waals surface area contributed by atoms with Crippen molar-refractivity contribution in [2.24, 2.45) is 0 Å². The minimum Gasteiger partial charge on any atom is -0.306 e. The van der Waals surface area contributed by atoms with Crippen LogP contribution in [0.1, 0.15) is 55.4 Å². The van der Waals surface area contributed by atoms with E-state index in [-0.39, 0.29) is 24.2 Å². The van der Waals surface area contributed by atoms with Crippen LogP contribution in [0.2, 0.25) is 0 Å². The Hall–Kier alpha value is 2.31. The minimum atomic E-state index is -3.38. The molecule has 0 fully saturated rings. The maximum absolute atomic E-state index is 6.74. The van der Waals surface area contributed by atoms with Crippen molar-refractivity contribution in [1.29, 1.82) is 0 Å². The third-order valence-electron chi connectivity index (χ3n) is 3.76. The second-order valence-corrected chi connectivity index (χ2v) is 40.8. The third kappa shape index (κ3) is 5.18. The van der Waals surface area contributed by atoms with Crippen LogP contribution in [0.15, 0.2) is 0 Å². The molecule has 0 aromatic heterocycles. The quantitative estimate of drug-likeness (QED) is 0.294. The molecular formula is C12H28Cl6N2Si3. The topological polar surface area (TPSA) is 6.48 Å². The first kappa shape index (κ1) is 25.3. The Balaban J connectivity index is 6.91. The van der Waals surface area contributed by atoms with Crippen molar-refractivity contribution in [2.45, 2.75) is 79.6 Å². The van der Waals surface area contributed by atoms with E-state index in [2.05, 4.69) is 64.5 Å². The molecule has 0 aromatic carbocycles. The second kappa shape index (κ2) is 9.00. The average Bonchev–Trinajstić information content (AvgIpc) is 2.21. The van der Waals surface area contributed by atoms with Gasteiger partial charge in [0.25, 0.3) is 7.43 Å². The van der Waals surface area contributed by atoms with E-state index in [9.17, 15) is 0 Å². The summed E-state index contributed by atoms with van der Waals surface area (Å²) in [6.45, 7) is 16.6. The van der Waals surface area contributed by atoms with E-state index in [1.165, 1.54) is 0 Å². The van der Waals surface area contributed by atoms with E-state index in [1.807, 2.05) is 0 Å². The summed E-state index contributed by atoms with van der Waals surface area (Å²) in [6, 6.07) is 0.474. The number of hydrogen-bond donors (Lipinski definition) is 0. The Morgan fingerprint density at radius 3 is 0.739 bits per heavy atom. The molecule has 0 aromatic rings. The highest BCUT2D eigenvalue weighted by Crippen LogP contribution is 2.49. The van der Waals surface area contributed by atoms with Gasteiger partial charge in [-0.05, 0) is 24.2 Å². The van der Waals surface area contributed by atoms with Crippen molar-refractivity contribution < 1.29 is 0 Å². The van der Waals surface area contributed by atoms with Gasteiger partial charge >= 0.3 is 11.0 Å². The summed E-state index contributed by atoms with van der Waals surface area (Å²) < 4.78 is 4.48. The summed E-state index contributed by atoms with van der Waals surface area (Å²) in [5, 5.41) is 0. The molecular weight excluding hydrogens is 469 g/mol. The Kier molecular flexibility index (Phi) is 9.90. The van der Waals surface area contributed by atoms with E-state index in [0.717, 1.165) is 0 Å². The van der Waals surface area contributed by atoms with Crippen LogP contribution in [-0.4, -0.2) is 51.8 Å². The molecule has 0 N–H and O–H groups in total. The minimum absolute atomic E-state index is 0.118. The molecule has 0 saturated heterocycles. The van der Waals surface area contributed by atoms with E-state index < -0.39 is 18.5 Å². The predicted octanol–water partition coefficient (Wildman–Crippen LogP) is 6.13. The standard InChI is InChI=1S/C12H28Cl6N2Si3/c1-9(2)19(10(3)4)23(21(13,14)15,22(16,17)18)20(11(5)6)12(7)8/h9-12H,1-8H3. The highest BCUT2D eigenvalue weighted by atomic mass is 35.9. The average molecular weight is 497 g/mol. The molecule has 0 radical (unpaired) electrons. The van der Waals surface area contributed by atoms with Crippen molar-refractivity contribution in [3.8, 4) is 0 Å². The fourth-order valence-corrected chi connectivity index (χ4v) is 67.1. The van der Waals surface area contributed by atoms with Crippen LogP contribution < -0.4 is 0 Å². The molecule has 0 atom stereocenters. The smallest absolute Gasteiger partial charge is 0.306 e. The summed E-state index contributed by atoms with van der Waals surface area (Å²) in [7, 11) is -3.17. The first-order valence-corrected chi connectivity index (χ1v) is 21.7. The molecule has 0 bridgehead atoms. The molecule has 0 unspecified atom stereocenters. The SMILES string of the molecule is CC(C)N(C(C)C)[Si](N(C(C)C)C(C)C)([Si](Cl)(Cl)Cl)[Si](Cl)(Cl)Cl. The molecule has 0 aliphatic heterocycles. The van der Waals surface area contributed by atoms with Crippen LogP contribution >= 0.6 is 66.5 Å². The molecule has 23 heavy (non-hydrogen) atoms. The van der Waals surface area contributed by atoms with Gasteiger partial charge in [0.2, 0.25) is 0 Å². The first-order valence-electron chi connectivity index (χ1n) is 7.73. The molecule has 0 spiro atoms. The van der Waals surface area contributed by atoms with Gasteiger partial charge in [-0.15, -0.1) is 66.5 Å². The second-order valence-electron chi connectivity index (χ2n) is 6.86. The number of halogens is 6. The van der Waals surface area contributed by atoms with Crippen molar-refractivity contribution in [1.82, 2.24) is 9.13 Å². The van der Waals surface area contributed by atoms with Crippen LogP contribution in [0.3, 0.4) is 0 Å². The van der Waals surface area contributed by atoms with Gasteiger partial charge in [0.15, 0.2) is 0 Å². The Labute approximate surface area is 172 Å². The van der Waals surface area contributed by atoms with E-state index >= 15 is 0 Å². The Morgan fingerprint density at radius 1 is 0.478 bits per heavy atom. The van der Waals surface area contributed by atoms with Crippen molar-refractivity contribution >= 4 is 84.9 Å². The van der Waals surface area contributed by atoms with Gasteiger partial charge in [-0.25, -0.2) is 0 Å². The van der Waals surface area contributed by atoms with Crippen LogP contribution in [0, 0.1) is 0 Å². The van der Waals surface area contributed by atoms with Crippen LogP contribution in [0.5, 0.6) is 0 Å². The fraction of sp³-hybridized carbons (Fsp3) is 1.00. The summed E-state index contributed by atoms with van der Waals surface area (Å²) in [4.78, 5) is 0. The lowest BCUT2D eigenvalue weighted by Crippen LogP contribution is -2.87. The monoisotopic (exact) mass is 494 g/mol. The molecule has 0 aliphatic carbocycles. The zero-order chi connectivity index (χ0) is 19.0. The van der Waals surface area contributed by atoms with Crippen molar-refractivity contribution in [2.75, 3.05) is 0 Å². The van der Waals surface area contributed by atoms with Gasteiger partial charge in [-0.3, -0.25) is 0 Å². The number of nitrogens with zero attached hydrogens (tertiary/aromatic N) is 2. The van der Waals surface area contributed by atoms with E-state index in [1.54, 1.807) is 0 Å². The Morgan fingerprint density at radius 2 is 0.652 bits per heavy atom. The largest absolute Gasteiger partial charge is 0.359 e. The summed E-state index contributed by atoms with van der Waals surface area (Å²) in [6.07, 6.45) is 0. The predicted molar refractivity (Wildman–Crippen MR) is 117 cm³/mol. The van der Waals surface area contributed by atoms with Gasteiger partial charge in [0.05, 0.1) is 0 Å². The fourth-order valence-electron chi connectivity index (χ4n) is 3.57. The number of rotatable bonds is 8. The normalized spacial score (nSPS) is 15.1. The van der Waals surface area contributed by atoms with Gasteiger partial charge in [-0.1, -0.05) is 55.4 Å². The van der Waals surface area contributed by atoms with Crippen LogP contribution in [-0.2, 0) is 0 Å². The van der Waals surface area contributed by atoms with Gasteiger partial charge < -0.3 is 9.13 Å². The van der Waals surface area contributed by atoms with E-state index in [0.29, 0.717) is 0 Å². The summed E-state index contributed by atoms with van der Waals surface area (Å²) in [5.74, 6) is 0. The molecule has 0 heterocycles. The van der Waals surface area contributed by atoms with Gasteiger partial charge in [0.1, 0.15) is 0 Å². The molecule has 2 nitrogen and oxygen atoms in total. The lowest BCUT2D eigenvalue weighted by atomic mass is 10.3. The van der Waals surface area contributed by atoms with Crippen molar-refractivity contribution in [3.05, 3.63) is 0 Å². The molecule has 0 rings (SSSR count). The first-order chi connectivity index (χ1) is 10.0. The lowest BCUT2D eigenvalue weighted by Gasteiger charge is -2.58. The highest BCUT2D eigenvalue weighted by Gasteiger charge is 2.76. The zero-order valence-electron chi connectivity index (χ0n) is 15.0. The molecule has 0 amide bonds. The van der Waals surface area contributed by atoms with Crippen molar-refractivity contribution in [3.63, 3.8) is 0 Å². The maximum Gasteiger partial charge on any atom is 0.359 e. The van der Waals surface area contributed by atoms with E-state index in [4.69, 9.17) is 66.5 Å². The van der Waals surface area contributed by atoms with Gasteiger partial charge in [-0.2, -0.15) is 0 Å². The van der Waals surface area contributed by atoms with Crippen LogP contribution in [0.25, 0.3) is 0 Å². The van der Waals surface area contributed by atoms with Gasteiger partial charge in [0, 0.05) is 0 Å². The highest BCUT2D eigenvalue weighted by molar-refractivity contribution is 8.10. The maximum atomic E-state index is 6.74. The molecule has 0 saturated carbocycles. The van der Waals surface area contributed by atoms with Crippen LogP contribution in [0.4, 0.5) is 0 Å². The third-order valence-corrected chi connectivity index (χ3v) is 46.3. The molecule has 11 heteroatoms. The lowest BCUT2D eigenvalue weighted by molar-refractivity contribution is 0.225. The number of hydrogen-bond acceptors (Lipinski definition) is 2. The summed E-state index contributed by atoms with van der Waals surface area (Å²) in [5.41, 5.74) is -6.75. The molecule has 0 aliphatic rings. The zero-order valence-corrected chi connectivity index (χ0v) is 22.5. The molecule has 140 valence electrons.